The van der Waals surface area contributed by atoms with Crippen molar-refractivity contribution >= 4 is 27.7 Å². The molecule has 0 fully saturated rings. The monoisotopic (exact) mass is 299 g/mol. The molecule has 4 nitrogen and oxygen atoms in total. The number of nitrogens with one attached hydrogen (secondary N) is 1. The van der Waals surface area contributed by atoms with E-state index in [2.05, 4.69) is 26.2 Å². The van der Waals surface area contributed by atoms with Gasteiger partial charge in [0.05, 0.1) is 0 Å². The smallest absolute Gasteiger partial charge is 0.227 e. The second kappa shape index (κ2) is 6.12. The fourth-order valence-corrected chi connectivity index (χ4v) is 1.75. The Kier molecular flexibility index (Phi) is 5.08. The molecule has 1 aromatic heterocycles. The van der Waals surface area contributed by atoms with Crippen LogP contribution in [0, 0.1) is 12.8 Å². The van der Waals surface area contributed by atoms with Gasteiger partial charge in [0.25, 0.3) is 0 Å². The second-order valence-electron chi connectivity index (χ2n) is 4.48. The highest BCUT2D eigenvalue weighted by atomic mass is 79.9. The van der Waals surface area contributed by atoms with Crippen molar-refractivity contribution in [1.82, 2.24) is 4.98 Å². The van der Waals surface area contributed by atoms with Gasteiger partial charge in [0.15, 0.2) is 0 Å². The van der Waals surface area contributed by atoms with Crippen LogP contribution in [-0.2, 0) is 4.79 Å². The molecule has 0 saturated heterocycles. The standard InChI is InChI=1S/C12H18BrN3O/c1-7(2)10(14)5-11(17)16-12-8(3)4-9(13)6-15-12/h4,6-7,10H,5,14H2,1-3H3,(H,15,16,17). The summed E-state index contributed by atoms with van der Waals surface area (Å²) in [7, 11) is 0. The maximum Gasteiger partial charge on any atom is 0.227 e. The number of halogens is 1. The highest BCUT2D eigenvalue weighted by Gasteiger charge is 2.14. The minimum Gasteiger partial charge on any atom is -0.327 e. The van der Waals surface area contributed by atoms with Gasteiger partial charge in [-0.1, -0.05) is 13.8 Å². The summed E-state index contributed by atoms with van der Waals surface area (Å²) in [5.74, 6) is 0.790. The first-order valence-corrected chi connectivity index (χ1v) is 6.37. The fraction of sp³-hybridized carbons (Fsp3) is 0.500. The van der Waals surface area contributed by atoms with Gasteiger partial charge >= 0.3 is 0 Å². The van der Waals surface area contributed by atoms with Gasteiger partial charge in [0, 0.05) is 23.1 Å². The summed E-state index contributed by atoms with van der Waals surface area (Å²) in [4.78, 5) is 15.9. The molecular weight excluding hydrogens is 282 g/mol. The van der Waals surface area contributed by atoms with E-state index >= 15 is 0 Å². The summed E-state index contributed by atoms with van der Waals surface area (Å²) >= 11 is 3.33. The topological polar surface area (TPSA) is 68.0 Å². The van der Waals surface area contributed by atoms with E-state index < -0.39 is 0 Å². The minimum atomic E-state index is -0.120. The molecule has 1 atom stereocenters. The average Bonchev–Trinajstić information content (AvgIpc) is 2.22. The Hall–Kier alpha value is -0.940. The van der Waals surface area contributed by atoms with Gasteiger partial charge in [-0.3, -0.25) is 4.79 Å². The SMILES string of the molecule is Cc1cc(Br)cnc1NC(=O)CC(N)C(C)C. The van der Waals surface area contributed by atoms with Gasteiger partial charge in [-0.25, -0.2) is 4.98 Å². The lowest BCUT2D eigenvalue weighted by Gasteiger charge is -2.15. The summed E-state index contributed by atoms with van der Waals surface area (Å²) in [5.41, 5.74) is 6.77. The Balaban J connectivity index is 2.62. The van der Waals surface area contributed by atoms with Gasteiger partial charge < -0.3 is 11.1 Å². The molecule has 3 N–H and O–H groups in total. The van der Waals surface area contributed by atoms with Crippen molar-refractivity contribution in [3.05, 3.63) is 22.3 Å². The lowest BCUT2D eigenvalue weighted by Crippen LogP contribution is -2.31. The first-order chi connectivity index (χ1) is 7.90. The minimum absolute atomic E-state index is 0.0934. The number of pyridine rings is 1. The Morgan fingerprint density at radius 3 is 2.76 bits per heavy atom. The van der Waals surface area contributed by atoms with Crippen LogP contribution in [0.25, 0.3) is 0 Å². The molecule has 17 heavy (non-hydrogen) atoms. The number of aryl methyl sites for hydroxylation is 1. The number of hydrogen-bond donors (Lipinski definition) is 2. The van der Waals surface area contributed by atoms with E-state index in [-0.39, 0.29) is 11.9 Å². The lowest BCUT2D eigenvalue weighted by molar-refractivity contribution is -0.116. The zero-order valence-corrected chi connectivity index (χ0v) is 11.9. The second-order valence-corrected chi connectivity index (χ2v) is 5.39. The number of anilines is 1. The summed E-state index contributed by atoms with van der Waals surface area (Å²) in [5, 5.41) is 2.77. The summed E-state index contributed by atoms with van der Waals surface area (Å²) < 4.78 is 0.895. The van der Waals surface area contributed by atoms with Gasteiger partial charge in [0.1, 0.15) is 5.82 Å². The van der Waals surface area contributed by atoms with Crippen molar-refractivity contribution in [3.8, 4) is 0 Å². The molecule has 0 aliphatic heterocycles. The molecule has 0 radical (unpaired) electrons. The number of hydrogen-bond acceptors (Lipinski definition) is 3. The number of carbonyl (C=O) groups is 1. The highest BCUT2D eigenvalue weighted by molar-refractivity contribution is 9.10. The Morgan fingerprint density at radius 1 is 1.59 bits per heavy atom. The summed E-state index contributed by atoms with van der Waals surface area (Å²) in [6, 6.07) is 1.79. The quantitative estimate of drug-likeness (QED) is 0.897. The van der Waals surface area contributed by atoms with Gasteiger partial charge in [-0.2, -0.15) is 0 Å². The number of nitrogens with zero attached hydrogens (tertiary/aromatic N) is 1. The normalized spacial score (nSPS) is 12.6. The Morgan fingerprint density at radius 2 is 2.24 bits per heavy atom. The fourth-order valence-electron chi connectivity index (χ4n) is 1.30. The molecule has 0 spiro atoms. The van der Waals surface area contributed by atoms with Gasteiger partial charge in [0.2, 0.25) is 5.91 Å². The van der Waals surface area contributed by atoms with E-state index in [0.29, 0.717) is 18.2 Å². The molecule has 5 heteroatoms. The van der Waals surface area contributed by atoms with Crippen LogP contribution in [-0.4, -0.2) is 16.9 Å². The predicted molar refractivity (Wildman–Crippen MR) is 72.7 cm³/mol. The van der Waals surface area contributed by atoms with Gasteiger partial charge in [-0.05, 0) is 40.4 Å². The van der Waals surface area contributed by atoms with Crippen LogP contribution in [0.3, 0.4) is 0 Å². The molecule has 94 valence electrons. The molecule has 1 aromatic rings. The maximum atomic E-state index is 11.7. The molecule has 1 heterocycles. The third-order valence-electron chi connectivity index (χ3n) is 2.58. The van der Waals surface area contributed by atoms with E-state index in [1.54, 1.807) is 6.20 Å². The van der Waals surface area contributed by atoms with Crippen molar-refractivity contribution in [2.75, 3.05) is 5.32 Å². The van der Waals surface area contributed by atoms with E-state index in [4.69, 9.17) is 5.73 Å². The van der Waals surface area contributed by atoms with E-state index in [0.717, 1.165) is 10.0 Å². The van der Waals surface area contributed by atoms with E-state index in [1.165, 1.54) is 0 Å². The molecule has 1 unspecified atom stereocenters. The van der Waals surface area contributed by atoms with Crippen molar-refractivity contribution in [1.29, 1.82) is 0 Å². The largest absolute Gasteiger partial charge is 0.327 e. The third kappa shape index (κ3) is 4.44. The molecule has 1 rings (SSSR count). The van der Waals surface area contributed by atoms with E-state index in [1.807, 2.05) is 26.8 Å². The Labute approximate surface area is 110 Å². The van der Waals surface area contributed by atoms with Crippen LogP contribution in [0.15, 0.2) is 16.7 Å². The van der Waals surface area contributed by atoms with E-state index in [9.17, 15) is 4.79 Å². The van der Waals surface area contributed by atoms with Crippen molar-refractivity contribution in [3.63, 3.8) is 0 Å². The number of rotatable bonds is 4. The molecule has 0 aliphatic carbocycles. The lowest BCUT2D eigenvalue weighted by atomic mass is 10.0. The zero-order valence-electron chi connectivity index (χ0n) is 10.3. The summed E-state index contributed by atoms with van der Waals surface area (Å²) in [6.45, 7) is 5.90. The zero-order chi connectivity index (χ0) is 13.0. The molecule has 1 amide bonds. The molecule has 0 bridgehead atoms. The van der Waals surface area contributed by atoms with Crippen LogP contribution < -0.4 is 11.1 Å². The highest BCUT2D eigenvalue weighted by Crippen LogP contribution is 2.17. The molecule has 0 aliphatic rings. The van der Waals surface area contributed by atoms with Gasteiger partial charge in [-0.15, -0.1) is 0 Å². The van der Waals surface area contributed by atoms with Crippen molar-refractivity contribution < 1.29 is 4.79 Å². The Bertz CT molecular complexity index is 407. The third-order valence-corrected chi connectivity index (χ3v) is 3.01. The van der Waals surface area contributed by atoms with Crippen LogP contribution in [0.1, 0.15) is 25.8 Å². The predicted octanol–water partition coefficient (Wildman–Crippen LogP) is 2.46. The molecular formula is C12H18BrN3O. The van der Waals surface area contributed by atoms with Crippen LogP contribution >= 0.6 is 15.9 Å². The first-order valence-electron chi connectivity index (χ1n) is 5.57. The number of amides is 1. The van der Waals surface area contributed by atoms with Crippen molar-refractivity contribution in [2.24, 2.45) is 11.7 Å². The summed E-state index contributed by atoms with van der Waals surface area (Å²) in [6.07, 6.45) is 1.97. The van der Waals surface area contributed by atoms with Crippen molar-refractivity contribution in [2.45, 2.75) is 33.2 Å². The maximum absolute atomic E-state index is 11.7. The van der Waals surface area contributed by atoms with Crippen LogP contribution in [0.5, 0.6) is 0 Å². The number of nitrogens with two attached hydrogens (primary N) is 1. The van der Waals surface area contributed by atoms with Crippen LogP contribution in [0.4, 0.5) is 5.82 Å². The number of aromatic nitrogens is 1. The molecule has 0 saturated carbocycles. The average molecular weight is 300 g/mol. The first kappa shape index (κ1) is 14.1. The van der Waals surface area contributed by atoms with Crippen LogP contribution in [0.2, 0.25) is 0 Å². The number of carbonyl (C=O) groups excluding carboxylic acids is 1. The molecule has 0 aromatic carbocycles.